The number of aryl methyl sites for hydroxylation is 2. The first-order valence-corrected chi connectivity index (χ1v) is 8.57. The molecule has 1 aromatic carbocycles. The lowest BCUT2D eigenvalue weighted by Gasteiger charge is -2.12. The lowest BCUT2D eigenvalue weighted by molar-refractivity contribution is -0.142. The number of benzene rings is 1. The zero-order valence-corrected chi connectivity index (χ0v) is 15.5. The molecule has 0 spiro atoms. The first-order chi connectivity index (χ1) is 12.7. The van der Waals surface area contributed by atoms with Crippen molar-refractivity contribution >= 4 is 5.96 Å². The van der Waals surface area contributed by atoms with Gasteiger partial charge in [0.25, 0.3) is 0 Å². The van der Waals surface area contributed by atoms with Gasteiger partial charge >= 0.3 is 6.18 Å². The Hall–Kier alpha value is -2.58. The SMILES string of the molecule is CCNC(=NCc1cn(C)nc1C(F)(F)F)NCCc1ccc(F)cc1C. The summed E-state index contributed by atoms with van der Waals surface area (Å²) in [7, 11) is 1.44. The topological polar surface area (TPSA) is 54.2 Å². The van der Waals surface area contributed by atoms with Crippen molar-refractivity contribution in [3.05, 3.63) is 52.6 Å². The second kappa shape index (κ2) is 8.88. The molecule has 0 fully saturated rings. The Morgan fingerprint density at radius 2 is 1.96 bits per heavy atom. The van der Waals surface area contributed by atoms with Crippen LogP contribution in [0, 0.1) is 12.7 Å². The molecule has 2 N–H and O–H groups in total. The highest BCUT2D eigenvalue weighted by Gasteiger charge is 2.36. The van der Waals surface area contributed by atoms with Gasteiger partial charge < -0.3 is 10.6 Å². The van der Waals surface area contributed by atoms with Crippen molar-refractivity contribution in [2.45, 2.75) is 33.0 Å². The average Bonchev–Trinajstić information content (AvgIpc) is 2.96. The van der Waals surface area contributed by atoms with Crippen LogP contribution in [-0.4, -0.2) is 28.8 Å². The summed E-state index contributed by atoms with van der Waals surface area (Å²) in [5.74, 6) is 0.130. The molecule has 0 aliphatic heterocycles. The fraction of sp³-hybridized carbons (Fsp3) is 0.444. The summed E-state index contributed by atoms with van der Waals surface area (Å²) in [6, 6.07) is 4.60. The fourth-order valence-corrected chi connectivity index (χ4v) is 2.65. The number of nitrogens with one attached hydrogen (secondary N) is 2. The lowest BCUT2D eigenvalue weighted by Crippen LogP contribution is -2.38. The molecule has 9 heteroatoms. The summed E-state index contributed by atoms with van der Waals surface area (Å²) in [4.78, 5) is 4.22. The molecule has 5 nitrogen and oxygen atoms in total. The molecule has 27 heavy (non-hydrogen) atoms. The molecule has 0 amide bonds. The number of rotatable bonds is 6. The minimum Gasteiger partial charge on any atom is -0.357 e. The van der Waals surface area contributed by atoms with Crippen molar-refractivity contribution in [1.29, 1.82) is 0 Å². The zero-order valence-electron chi connectivity index (χ0n) is 15.5. The number of aliphatic imine (C=N–C) groups is 1. The van der Waals surface area contributed by atoms with Crippen LogP contribution in [0.1, 0.15) is 29.3 Å². The van der Waals surface area contributed by atoms with Gasteiger partial charge in [-0.3, -0.25) is 4.68 Å². The predicted octanol–water partition coefficient (Wildman–Crippen LogP) is 3.18. The van der Waals surface area contributed by atoms with Crippen LogP contribution in [0.4, 0.5) is 17.6 Å². The van der Waals surface area contributed by atoms with Gasteiger partial charge in [0.15, 0.2) is 11.7 Å². The summed E-state index contributed by atoms with van der Waals surface area (Å²) in [6.45, 7) is 4.64. The third-order valence-electron chi connectivity index (χ3n) is 3.92. The second-order valence-electron chi connectivity index (χ2n) is 6.12. The van der Waals surface area contributed by atoms with Gasteiger partial charge in [-0.1, -0.05) is 6.07 Å². The Morgan fingerprint density at radius 3 is 2.59 bits per heavy atom. The standard InChI is InChI=1S/C18H23F4N5/c1-4-23-17(24-8-7-13-5-6-15(19)9-12(13)2)25-10-14-11-27(3)26-16(14)18(20,21)22/h5-6,9,11H,4,7-8,10H2,1-3H3,(H2,23,24,25). The largest absolute Gasteiger partial charge is 0.435 e. The lowest BCUT2D eigenvalue weighted by atomic mass is 10.1. The summed E-state index contributed by atoms with van der Waals surface area (Å²) in [5.41, 5.74) is 0.929. The third-order valence-corrected chi connectivity index (χ3v) is 3.92. The average molecular weight is 385 g/mol. The van der Waals surface area contributed by atoms with Crippen LogP contribution in [0.15, 0.2) is 29.4 Å². The van der Waals surface area contributed by atoms with Crippen LogP contribution in [0.3, 0.4) is 0 Å². The first-order valence-electron chi connectivity index (χ1n) is 8.57. The molecule has 2 rings (SSSR count). The molecule has 0 aliphatic carbocycles. The van der Waals surface area contributed by atoms with Crippen molar-refractivity contribution in [1.82, 2.24) is 20.4 Å². The minimum atomic E-state index is -4.52. The Labute approximate surface area is 155 Å². The quantitative estimate of drug-likeness (QED) is 0.456. The van der Waals surface area contributed by atoms with E-state index in [1.165, 1.54) is 25.4 Å². The number of hydrogen-bond acceptors (Lipinski definition) is 2. The summed E-state index contributed by atoms with van der Waals surface area (Å²) in [6.07, 6.45) is -2.56. The molecule has 0 radical (unpaired) electrons. The minimum absolute atomic E-state index is 0.0107. The van der Waals surface area contributed by atoms with Gasteiger partial charge in [-0.05, 0) is 43.5 Å². The van der Waals surface area contributed by atoms with Gasteiger partial charge in [0.1, 0.15) is 5.82 Å². The van der Waals surface area contributed by atoms with Crippen molar-refractivity contribution in [2.75, 3.05) is 13.1 Å². The second-order valence-corrected chi connectivity index (χ2v) is 6.12. The van der Waals surface area contributed by atoms with Gasteiger partial charge in [-0.15, -0.1) is 0 Å². The van der Waals surface area contributed by atoms with E-state index < -0.39 is 11.9 Å². The maximum Gasteiger partial charge on any atom is 0.435 e. The summed E-state index contributed by atoms with van der Waals surface area (Å²) < 4.78 is 53.3. The Morgan fingerprint density at radius 1 is 1.22 bits per heavy atom. The molecule has 1 heterocycles. The third kappa shape index (κ3) is 5.97. The van der Waals surface area contributed by atoms with Crippen LogP contribution in [-0.2, 0) is 26.2 Å². The first kappa shape index (κ1) is 20.7. The van der Waals surface area contributed by atoms with Crippen molar-refractivity contribution in [2.24, 2.45) is 12.0 Å². The molecule has 2 aromatic rings. The molecule has 0 bridgehead atoms. The van der Waals surface area contributed by atoms with E-state index in [9.17, 15) is 17.6 Å². The van der Waals surface area contributed by atoms with E-state index in [0.717, 1.165) is 15.8 Å². The normalized spacial score (nSPS) is 12.3. The van der Waals surface area contributed by atoms with E-state index in [2.05, 4.69) is 20.7 Å². The van der Waals surface area contributed by atoms with Crippen molar-refractivity contribution < 1.29 is 17.6 Å². The van der Waals surface area contributed by atoms with Crippen LogP contribution < -0.4 is 10.6 Å². The van der Waals surface area contributed by atoms with E-state index in [1.54, 1.807) is 6.07 Å². The van der Waals surface area contributed by atoms with Gasteiger partial charge in [0.2, 0.25) is 0 Å². The number of nitrogens with zero attached hydrogens (tertiary/aromatic N) is 3. The van der Waals surface area contributed by atoms with Gasteiger partial charge in [-0.25, -0.2) is 9.38 Å². The summed E-state index contributed by atoms with van der Waals surface area (Å²) >= 11 is 0. The Balaban J connectivity index is 2.02. The van der Waals surface area contributed by atoms with E-state index in [-0.39, 0.29) is 17.9 Å². The van der Waals surface area contributed by atoms with Crippen LogP contribution >= 0.6 is 0 Å². The van der Waals surface area contributed by atoms with E-state index >= 15 is 0 Å². The predicted molar refractivity (Wildman–Crippen MR) is 95.9 cm³/mol. The highest BCUT2D eigenvalue weighted by atomic mass is 19.4. The van der Waals surface area contributed by atoms with Crippen LogP contribution in [0.2, 0.25) is 0 Å². The molecule has 0 saturated carbocycles. The number of hydrogen-bond donors (Lipinski definition) is 2. The maximum absolute atomic E-state index is 13.1. The summed E-state index contributed by atoms with van der Waals surface area (Å²) in [5, 5.41) is 9.56. The Kier molecular flexibility index (Phi) is 6.81. The molecule has 1 aromatic heterocycles. The Bertz CT molecular complexity index is 796. The highest BCUT2D eigenvalue weighted by molar-refractivity contribution is 5.79. The fourth-order valence-electron chi connectivity index (χ4n) is 2.65. The molecular formula is C18H23F4N5. The number of guanidine groups is 1. The molecule has 0 atom stereocenters. The van der Waals surface area contributed by atoms with Crippen LogP contribution in [0.25, 0.3) is 0 Å². The monoisotopic (exact) mass is 385 g/mol. The van der Waals surface area contributed by atoms with Crippen molar-refractivity contribution in [3.63, 3.8) is 0 Å². The number of halogens is 4. The number of alkyl halides is 3. The molecule has 0 aliphatic rings. The maximum atomic E-state index is 13.1. The van der Waals surface area contributed by atoms with E-state index in [4.69, 9.17) is 0 Å². The van der Waals surface area contributed by atoms with Gasteiger partial charge in [0.05, 0.1) is 6.54 Å². The van der Waals surface area contributed by atoms with E-state index in [1.807, 2.05) is 13.8 Å². The smallest absolute Gasteiger partial charge is 0.357 e. The van der Waals surface area contributed by atoms with Gasteiger partial charge in [-0.2, -0.15) is 18.3 Å². The molecule has 148 valence electrons. The molecule has 0 saturated heterocycles. The van der Waals surface area contributed by atoms with E-state index in [0.29, 0.717) is 25.5 Å². The van der Waals surface area contributed by atoms with Crippen molar-refractivity contribution in [3.8, 4) is 0 Å². The zero-order chi connectivity index (χ0) is 20.0. The molecule has 0 unspecified atom stereocenters. The van der Waals surface area contributed by atoms with Gasteiger partial charge in [0, 0.05) is 31.9 Å². The number of aromatic nitrogens is 2. The van der Waals surface area contributed by atoms with Crippen LogP contribution in [0.5, 0.6) is 0 Å². The molecular weight excluding hydrogens is 362 g/mol. The highest BCUT2D eigenvalue weighted by Crippen LogP contribution is 2.30.